The Labute approximate surface area is 94.6 Å². The summed E-state index contributed by atoms with van der Waals surface area (Å²) in [4.78, 5) is 0. The van der Waals surface area contributed by atoms with Crippen LogP contribution in [0, 0.1) is 5.82 Å². The van der Waals surface area contributed by atoms with Crippen molar-refractivity contribution in [2.75, 3.05) is 6.54 Å². The first-order valence-corrected chi connectivity index (χ1v) is 5.21. The van der Waals surface area contributed by atoms with Crippen molar-refractivity contribution in [3.05, 3.63) is 34.6 Å². The molecule has 0 bridgehead atoms. The number of hydrogen-bond acceptors (Lipinski definition) is 2. The van der Waals surface area contributed by atoms with E-state index in [1.807, 2.05) is 13.8 Å². The summed E-state index contributed by atoms with van der Waals surface area (Å²) in [6, 6.07) is 4.70. The second-order valence-electron chi connectivity index (χ2n) is 4.19. The maximum absolute atomic E-state index is 12.9. The van der Waals surface area contributed by atoms with Crippen molar-refractivity contribution in [1.29, 1.82) is 0 Å². The smallest absolute Gasteiger partial charge is 0.141 e. The molecule has 0 radical (unpaired) electrons. The first kappa shape index (κ1) is 12.4. The largest absolute Gasteiger partial charge is 0.329 e. The summed E-state index contributed by atoms with van der Waals surface area (Å²) < 4.78 is 12.9. The van der Waals surface area contributed by atoms with Crippen molar-refractivity contribution < 1.29 is 4.39 Å². The normalized spacial score (nSPS) is 11.8. The van der Waals surface area contributed by atoms with Gasteiger partial charge >= 0.3 is 0 Å². The zero-order chi connectivity index (χ0) is 11.5. The van der Waals surface area contributed by atoms with Gasteiger partial charge in [0.15, 0.2) is 0 Å². The minimum absolute atomic E-state index is 0.124. The summed E-state index contributed by atoms with van der Waals surface area (Å²) in [5.74, 6) is -0.390. The lowest BCUT2D eigenvalue weighted by Crippen LogP contribution is -2.45. The molecule has 0 spiro atoms. The van der Waals surface area contributed by atoms with Gasteiger partial charge in [0.25, 0.3) is 0 Å². The van der Waals surface area contributed by atoms with Gasteiger partial charge in [-0.15, -0.1) is 0 Å². The molecule has 2 nitrogen and oxygen atoms in total. The molecule has 0 aromatic heterocycles. The van der Waals surface area contributed by atoms with E-state index in [1.165, 1.54) is 6.07 Å². The second-order valence-corrected chi connectivity index (χ2v) is 4.60. The average molecular weight is 231 g/mol. The molecular formula is C11H16ClFN2. The minimum Gasteiger partial charge on any atom is -0.329 e. The molecule has 1 aromatic rings. The molecule has 0 aliphatic heterocycles. The molecule has 4 heteroatoms. The monoisotopic (exact) mass is 230 g/mol. The highest BCUT2D eigenvalue weighted by molar-refractivity contribution is 6.30. The van der Waals surface area contributed by atoms with Crippen molar-refractivity contribution >= 4 is 11.6 Å². The summed E-state index contributed by atoms with van der Waals surface area (Å²) in [6.45, 7) is 5.20. The van der Waals surface area contributed by atoms with Crippen LogP contribution >= 0.6 is 11.6 Å². The van der Waals surface area contributed by atoms with Gasteiger partial charge in [0, 0.05) is 18.6 Å². The molecule has 0 unspecified atom stereocenters. The number of nitrogens with two attached hydrogens (primary N) is 1. The Bertz CT molecular complexity index is 339. The van der Waals surface area contributed by atoms with Crippen molar-refractivity contribution in [2.45, 2.75) is 25.9 Å². The van der Waals surface area contributed by atoms with E-state index in [-0.39, 0.29) is 10.6 Å². The van der Waals surface area contributed by atoms with Crippen LogP contribution in [0.15, 0.2) is 18.2 Å². The highest BCUT2D eigenvalue weighted by atomic mass is 35.5. The third-order valence-corrected chi connectivity index (χ3v) is 2.56. The van der Waals surface area contributed by atoms with Gasteiger partial charge in [-0.1, -0.05) is 17.7 Å². The maximum Gasteiger partial charge on any atom is 0.141 e. The second kappa shape index (κ2) is 4.92. The van der Waals surface area contributed by atoms with Gasteiger partial charge in [-0.25, -0.2) is 4.39 Å². The molecule has 0 fully saturated rings. The van der Waals surface area contributed by atoms with Crippen molar-refractivity contribution in [3.63, 3.8) is 0 Å². The predicted octanol–water partition coefficient (Wildman–Crippen LogP) is 2.31. The first-order chi connectivity index (χ1) is 6.94. The van der Waals surface area contributed by atoms with Crippen LogP contribution in [-0.4, -0.2) is 12.1 Å². The molecule has 0 atom stereocenters. The number of hydrogen-bond donors (Lipinski definition) is 2. The van der Waals surface area contributed by atoms with E-state index < -0.39 is 5.82 Å². The predicted molar refractivity (Wildman–Crippen MR) is 61.4 cm³/mol. The third-order valence-electron chi connectivity index (χ3n) is 2.27. The van der Waals surface area contributed by atoms with E-state index in [4.69, 9.17) is 17.3 Å². The van der Waals surface area contributed by atoms with Crippen LogP contribution in [0.5, 0.6) is 0 Å². The Morgan fingerprint density at radius 2 is 2.13 bits per heavy atom. The van der Waals surface area contributed by atoms with Crippen molar-refractivity contribution in [2.24, 2.45) is 5.73 Å². The summed E-state index contributed by atoms with van der Waals surface area (Å²) in [5.41, 5.74) is 6.40. The van der Waals surface area contributed by atoms with Crippen LogP contribution in [0.25, 0.3) is 0 Å². The van der Waals surface area contributed by atoms with Gasteiger partial charge in [-0.05, 0) is 31.5 Å². The Morgan fingerprint density at radius 1 is 1.47 bits per heavy atom. The highest BCUT2D eigenvalue weighted by Crippen LogP contribution is 2.16. The number of benzene rings is 1. The first-order valence-electron chi connectivity index (χ1n) is 4.83. The molecule has 15 heavy (non-hydrogen) atoms. The topological polar surface area (TPSA) is 38.0 Å². The molecule has 1 aromatic carbocycles. The summed E-state index contributed by atoms with van der Waals surface area (Å²) >= 11 is 5.67. The lowest BCUT2D eigenvalue weighted by molar-refractivity contribution is 0.396. The summed E-state index contributed by atoms with van der Waals surface area (Å²) in [7, 11) is 0. The number of rotatable bonds is 4. The van der Waals surface area contributed by atoms with Crippen LogP contribution < -0.4 is 11.1 Å². The fourth-order valence-corrected chi connectivity index (χ4v) is 1.27. The van der Waals surface area contributed by atoms with Gasteiger partial charge in [0.2, 0.25) is 0 Å². The van der Waals surface area contributed by atoms with Gasteiger partial charge in [-0.3, -0.25) is 0 Å². The lowest BCUT2D eigenvalue weighted by atomic mass is 10.1. The fourth-order valence-electron chi connectivity index (χ4n) is 1.06. The zero-order valence-electron chi connectivity index (χ0n) is 8.98. The molecule has 1 rings (SSSR count). The fraction of sp³-hybridized carbons (Fsp3) is 0.455. The SMILES string of the molecule is CC(C)(CN)NCc1ccc(F)c(Cl)c1. The molecule has 0 saturated carbocycles. The molecule has 0 saturated heterocycles. The Kier molecular flexibility index (Phi) is 4.08. The van der Waals surface area contributed by atoms with Crippen LogP contribution in [-0.2, 0) is 6.54 Å². The van der Waals surface area contributed by atoms with E-state index in [0.717, 1.165) is 5.56 Å². The van der Waals surface area contributed by atoms with E-state index >= 15 is 0 Å². The lowest BCUT2D eigenvalue weighted by Gasteiger charge is -2.24. The van der Waals surface area contributed by atoms with E-state index in [2.05, 4.69) is 5.32 Å². The molecule has 0 amide bonds. The summed E-state index contributed by atoms with van der Waals surface area (Å²) in [6.07, 6.45) is 0. The Morgan fingerprint density at radius 3 is 2.67 bits per heavy atom. The molecule has 84 valence electrons. The van der Waals surface area contributed by atoms with Crippen molar-refractivity contribution in [3.8, 4) is 0 Å². The maximum atomic E-state index is 12.9. The molecule has 0 heterocycles. The average Bonchev–Trinajstić information content (AvgIpc) is 2.20. The van der Waals surface area contributed by atoms with Gasteiger partial charge < -0.3 is 11.1 Å². The molecule has 3 N–H and O–H groups in total. The number of halogens is 2. The van der Waals surface area contributed by atoms with Gasteiger partial charge in [0.05, 0.1) is 5.02 Å². The quantitative estimate of drug-likeness (QED) is 0.833. The summed E-state index contributed by atoms with van der Waals surface area (Å²) in [5, 5.41) is 3.42. The van der Waals surface area contributed by atoms with Crippen LogP contribution in [0.1, 0.15) is 19.4 Å². The van der Waals surface area contributed by atoms with Crippen LogP contribution in [0.3, 0.4) is 0 Å². The minimum atomic E-state index is -0.390. The van der Waals surface area contributed by atoms with E-state index in [0.29, 0.717) is 13.1 Å². The molecule has 0 aliphatic carbocycles. The van der Waals surface area contributed by atoms with Gasteiger partial charge in [-0.2, -0.15) is 0 Å². The number of nitrogens with one attached hydrogen (secondary N) is 1. The Balaban J connectivity index is 2.62. The molecular weight excluding hydrogens is 215 g/mol. The van der Waals surface area contributed by atoms with Crippen molar-refractivity contribution in [1.82, 2.24) is 5.32 Å². The van der Waals surface area contributed by atoms with Crippen LogP contribution in [0.2, 0.25) is 5.02 Å². The molecule has 0 aliphatic rings. The highest BCUT2D eigenvalue weighted by Gasteiger charge is 2.13. The third kappa shape index (κ3) is 3.78. The van der Waals surface area contributed by atoms with Gasteiger partial charge in [0.1, 0.15) is 5.82 Å². The van der Waals surface area contributed by atoms with Crippen LogP contribution in [0.4, 0.5) is 4.39 Å². The van der Waals surface area contributed by atoms with E-state index in [9.17, 15) is 4.39 Å². The van der Waals surface area contributed by atoms with E-state index in [1.54, 1.807) is 12.1 Å². The zero-order valence-corrected chi connectivity index (χ0v) is 9.74. The standard InChI is InChI=1S/C11H16ClFN2/c1-11(2,7-14)15-6-8-3-4-10(13)9(12)5-8/h3-5,15H,6-7,14H2,1-2H3. The Hall–Kier alpha value is -0.640.